The lowest BCUT2D eigenvalue weighted by atomic mass is 10.3. The second-order valence-electron chi connectivity index (χ2n) is 3.13. The molecule has 0 amide bonds. The minimum Gasteiger partial charge on any atom is -0.495 e. The smallest absolute Gasteiger partial charge is 0.244 e. The number of ether oxygens (including phenoxy) is 1. The van der Waals surface area contributed by atoms with Gasteiger partial charge in [0, 0.05) is 6.54 Å². The number of sulfonamides is 1. The van der Waals surface area contributed by atoms with Crippen molar-refractivity contribution < 1.29 is 13.2 Å². The van der Waals surface area contributed by atoms with E-state index in [1.165, 1.54) is 13.2 Å². The van der Waals surface area contributed by atoms with Gasteiger partial charge in [-0.1, -0.05) is 18.2 Å². The lowest BCUT2D eigenvalue weighted by Crippen LogP contribution is -2.24. The molecule has 0 bridgehead atoms. The maximum atomic E-state index is 11.9. The molecular formula is C11H15NO3S. The summed E-state index contributed by atoms with van der Waals surface area (Å²) in [5.74, 6) is 0.341. The molecular weight excluding hydrogens is 226 g/mol. The second kappa shape index (κ2) is 5.67. The predicted octanol–water partition coefficient (Wildman–Crippen LogP) is 1.55. The second-order valence-corrected chi connectivity index (χ2v) is 4.86. The van der Waals surface area contributed by atoms with Crippen LogP contribution < -0.4 is 9.46 Å². The molecule has 0 saturated heterocycles. The Kier molecular flexibility index (Phi) is 4.52. The highest BCUT2D eigenvalue weighted by atomic mass is 32.2. The number of rotatable bonds is 6. The lowest BCUT2D eigenvalue weighted by Gasteiger charge is -2.09. The summed E-state index contributed by atoms with van der Waals surface area (Å²) in [6, 6.07) is 6.50. The van der Waals surface area contributed by atoms with Crippen molar-refractivity contribution in [3.8, 4) is 5.75 Å². The zero-order valence-electron chi connectivity index (χ0n) is 9.14. The Morgan fingerprint density at radius 3 is 2.75 bits per heavy atom. The van der Waals surface area contributed by atoms with Crippen LogP contribution in [-0.4, -0.2) is 22.1 Å². The van der Waals surface area contributed by atoms with Crippen LogP contribution in [-0.2, 0) is 10.0 Å². The van der Waals surface area contributed by atoms with Gasteiger partial charge in [0.05, 0.1) is 7.11 Å². The number of para-hydroxylation sites is 1. The molecule has 0 spiro atoms. The molecule has 1 aromatic rings. The molecule has 0 heterocycles. The van der Waals surface area contributed by atoms with Crippen LogP contribution in [0.3, 0.4) is 0 Å². The topological polar surface area (TPSA) is 55.4 Å². The van der Waals surface area contributed by atoms with E-state index in [9.17, 15) is 8.42 Å². The SMILES string of the molecule is C=CCCNS(=O)(=O)c1ccccc1OC. The first kappa shape index (κ1) is 12.7. The van der Waals surface area contributed by atoms with E-state index in [1.54, 1.807) is 24.3 Å². The van der Waals surface area contributed by atoms with E-state index in [0.717, 1.165) is 0 Å². The van der Waals surface area contributed by atoms with Crippen molar-refractivity contribution in [2.24, 2.45) is 0 Å². The highest BCUT2D eigenvalue weighted by molar-refractivity contribution is 7.89. The third-order valence-corrected chi connectivity index (χ3v) is 3.50. The van der Waals surface area contributed by atoms with Gasteiger partial charge in [-0.05, 0) is 18.6 Å². The molecule has 0 aliphatic rings. The van der Waals surface area contributed by atoms with E-state index in [0.29, 0.717) is 18.7 Å². The maximum absolute atomic E-state index is 11.9. The zero-order valence-corrected chi connectivity index (χ0v) is 9.96. The number of nitrogens with one attached hydrogen (secondary N) is 1. The van der Waals surface area contributed by atoms with Gasteiger partial charge >= 0.3 is 0 Å². The number of benzene rings is 1. The molecule has 1 aromatic carbocycles. The Morgan fingerprint density at radius 1 is 1.44 bits per heavy atom. The van der Waals surface area contributed by atoms with Crippen molar-refractivity contribution in [1.82, 2.24) is 4.72 Å². The molecule has 88 valence electrons. The summed E-state index contributed by atoms with van der Waals surface area (Å²) in [6.07, 6.45) is 2.25. The van der Waals surface area contributed by atoms with Gasteiger partial charge in [0.2, 0.25) is 10.0 Å². The van der Waals surface area contributed by atoms with E-state index in [4.69, 9.17) is 4.74 Å². The number of methoxy groups -OCH3 is 1. The first-order chi connectivity index (χ1) is 7.61. The van der Waals surface area contributed by atoms with Crippen LogP contribution in [0.4, 0.5) is 0 Å². The molecule has 0 atom stereocenters. The quantitative estimate of drug-likeness (QED) is 0.607. The molecule has 16 heavy (non-hydrogen) atoms. The monoisotopic (exact) mass is 241 g/mol. The van der Waals surface area contributed by atoms with Crippen molar-refractivity contribution in [3.63, 3.8) is 0 Å². The Balaban J connectivity index is 2.93. The Morgan fingerprint density at radius 2 is 2.12 bits per heavy atom. The van der Waals surface area contributed by atoms with Crippen LogP contribution in [0, 0.1) is 0 Å². The third-order valence-electron chi connectivity index (χ3n) is 2.00. The van der Waals surface area contributed by atoms with Crippen molar-refractivity contribution in [2.45, 2.75) is 11.3 Å². The molecule has 1 N–H and O–H groups in total. The summed E-state index contributed by atoms with van der Waals surface area (Å²) in [5, 5.41) is 0. The minimum atomic E-state index is -3.50. The minimum absolute atomic E-state index is 0.154. The van der Waals surface area contributed by atoms with Gasteiger partial charge in [0.25, 0.3) is 0 Å². The highest BCUT2D eigenvalue weighted by Gasteiger charge is 2.17. The van der Waals surface area contributed by atoms with E-state index < -0.39 is 10.0 Å². The lowest BCUT2D eigenvalue weighted by molar-refractivity contribution is 0.402. The Bertz CT molecular complexity index is 454. The normalized spacial score (nSPS) is 11.1. The van der Waals surface area contributed by atoms with E-state index in [1.807, 2.05) is 0 Å². The van der Waals surface area contributed by atoms with Gasteiger partial charge in [0.1, 0.15) is 10.6 Å². The van der Waals surface area contributed by atoms with Crippen LogP contribution in [0.1, 0.15) is 6.42 Å². The molecule has 0 aliphatic heterocycles. The molecule has 0 unspecified atom stereocenters. The van der Waals surface area contributed by atoms with Crippen LogP contribution in [0.2, 0.25) is 0 Å². The molecule has 1 rings (SSSR count). The Labute approximate surface area is 96.0 Å². The maximum Gasteiger partial charge on any atom is 0.244 e. The third kappa shape index (κ3) is 3.08. The van der Waals surface area contributed by atoms with Crippen LogP contribution in [0.15, 0.2) is 41.8 Å². The average Bonchev–Trinajstić information content (AvgIpc) is 2.29. The van der Waals surface area contributed by atoms with E-state index in [-0.39, 0.29) is 4.90 Å². The fourth-order valence-electron chi connectivity index (χ4n) is 1.21. The summed E-state index contributed by atoms with van der Waals surface area (Å²) in [4.78, 5) is 0.154. The number of hydrogen-bond acceptors (Lipinski definition) is 3. The van der Waals surface area contributed by atoms with Gasteiger partial charge in [0.15, 0.2) is 0 Å². The molecule has 0 saturated carbocycles. The molecule has 0 radical (unpaired) electrons. The van der Waals surface area contributed by atoms with Crippen molar-refractivity contribution in [3.05, 3.63) is 36.9 Å². The van der Waals surface area contributed by atoms with Crippen LogP contribution >= 0.6 is 0 Å². The highest BCUT2D eigenvalue weighted by Crippen LogP contribution is 2.22. The van der Waals surface area contributed by atoms with Crippen LogP contribution in [0.5, 0.6) is 5.75 Å². The fourth-order valence-corrected chi connectivity index (χ4v) is 2.43. The van der Waals surface area contributed by atoms with Gasteiger partial charge in [-0.25, -0.2) is 13.1 Å². The molecule has 0 aromatic heterocycles. The molecule has 0 aliphatic carbocycles. The van der Waals surface area contributed by atoms with Gasteiger partial charge in [-0.3, -0.25) is 0 Å². The molecule has 0 fully saturated rings. The Hall–Kier alpha value is -1.33. The summed E-state index contributed by atoms with van der Waals surface area (Å²) in [6.45, 7) is 3.86. The molecule has 5 heteroatoms. The summed E-state index contributed by atoms with van der Waals surface area (Å²) in [5.41, 5.74) is 0. The van der Waals surface area contributed by atoms with E-state index in [2.05, 4.69) is 11.3 Å². The molecule has 4 nitrogen and oxygen atoms in total. The summed E-state index contributed by atoms with van der Waals surface area (Å²) < 4.78 is 31.2. The average molecular weight is 241 g/mol. The first-order valence-electron chi connectivity index (χ1n) is 4.85. The largest absolute Gasteiger partial charge is 0.495 e. The standard InChI is InChI=1S/C11H15NO3S/c1-3-4-9-12-16(13,14)11-8-6-5-7-10(11)15-2/h3,5-8,12H,1,4,9H2,2H3. The zero-order chi connectivity index (χ0) is 12.0. The van der Waals surface area contributed by atoms with Gasteiger partial charge in [-0.15, -0.1) is 6.58 Å². The fraction of sp³-hybridized carbons (Fsp3) is 0.273. The van der Waals surface area contributed by atoms with Gasteiger partial charge < -0.3 is 4.74 Å². The van der Waals surface area contributed by atoms with Crippen LogP contribution in [0.25, 0.3) is 0 Å². The first-order valence-corrected chi connectivity index (χ1v) is 6.33. The summed E-state index contributed by atoms with van der Waals surface area (Å²) in [7, 11) is -2.06. The predicted molar refractivity (Wildman–Crippen MR) is 63.0 cm³/mol. The van der Waals surface area contributed by atoms with E-state index >= 15 is 0 Å². The van der Waals surface area contributed by atoms with Crippen molar-refractivity contribution in [2.75, 3.05) is 13.7 Å². The van der Waals surface area contributed by atoms with Crippen molar-refractivity contribution in [1.29, 1.82) is 0 Å². The van der Waals surface area contributed by atoms with Crippen molar-refractivity contribution >= 4 is 10.0 Å². The number of hydrogen-bond donors (Lipinski definition) is 1. The van der Waals surface area contributed by atoms with Gasteiger partial charge in [-0.2, -0.15) is 0 Å². The summed E-state index contributed by atoms with van der Waals surface area (Å²) >= 11 is 0.